The smallest absolute Gasteiger partial charge is 0.308 e. The fourth-order valence-electron chi connectivity index (χ4n) is 4.18. The number of likely N-dealkylation sites (tertiary alicyclic amines) is 1. The highest BCUT2D eigenvalue weighted by Gasteiger charge is 2.45. The number of aliphatic carboxylic acids is 1. The van der Waals surface area contributed by atoms with Crippen molar-refractivity contribution in [2.75, 3.05) is 25.4 Å². The average molecular weight is 394 g/mol. The van der Waals surface area contributed by atoms with Crippen LogP contribution in [0.5, 0.6) is 0 Å². The minimum atomic E-state index is -3.46. The van der Waals surface area contributed by atoms with Gasteiger partial charge in [-0.2, -0.15) is 4.31 Å². The van der Waals surface area contributed by atoms with E-state index in [1.54, 1.807) is 11.8 Å². The Kier molecular flexibility index (Phi) is 5.86. The fourth-order valence-corrected chi connectivity index (χ4v) is 5.92. The zero-order valence-corrected chi connectivity index (χ0v) is 16.3. The molecule has 148 valence electrons. The van der Waals surface area contributed by atoms with Crippen LogP contribution in [0.25, 0.3) is 0 Å². The van der Waals surface area contributed by atoms with Crippen LogP contribution in [0.4, 0.5) is 0 Å². The standard InChI is InChI=1S/C19H26N2O5S/c1-2-11-27(25,26)21-10-6-9-17(21)18(22)20-12-15(16(13-20)19(23)24)14-7-4-3-5-8-14/h3-5,7-8,15-17H,2,6,9-13H2,1H3,(H,23,24)/t15-,16-,17?/m0/s1. The van der Waals surface area contributed by atoms with Gasteiger partial charge in [-0.3, -0.25) is 9.59 Å². The molecule has 1 N–H and O–H groups in total. The third kappa shape index (κ3) is 4.01. The van der Waals surface area contributed by atoms with Crippen LogP contribution >= 0.6 is 0 Å². The number of rotatable bonds is 6. The maximum Gasteiger partial charge on any atom is 0.308 e. The van der Waals surface area contributed by atoms with Crippen molar-refractivity contribution < 1.29 is 23.1 Å². The van der Waals surface area contributed by atoms with Gasteiger partial charge in [-0.1, -0.05) is 37.3 Å². The van der Waals surface area contributed by atoms with Crippen molar-refractivity contribution in [1.29, 1.82) is 0 Å². The van der Waals surface area contributed by atoms with Crippen molar-refractivity contribution >= 4 is 21.9 Å². The molecule has 0 aromatic heterocycles. The summed E-state index contributed by atoms with van der Waals surface area (Å²) in [5.41, 5.74) is 0.891. The van der Waals surface area contributed by atoms with Gasteiger partial charge in [0.2, 0.25) is 15.9 Å². The zero-order valence-electron chi connectivity index (χ0n) is 15.5. The Bertz CT molecular complexity index is 796. The molecular weight excluding hydrogens is 368 g/mol. The number of carbonyl (C=O) groups is 2. The fraction of sp³-hybridized carbons (Fsp3) is 0.579. The van der Waals surface area contributed by atoms with E-state index in [1.807, 2.05) is 30.3 Å². The summed E-state index contributed by atoms with van der Waals surface area (Å²) in [4.78, 5) is 26.4. The van der Waals surface area contributed by atoms with E-state index < -0.39 is 28.0 Å². The summed E-state index contributed by atoms with van der Waals surface area (Å²) in [5.74, 6) is -2.13. The molecule has 2 aliphatic heterocycles. The first kappa shape index (κ1) is 19.8. The third-order valence-electron chi connectivity index (χ3n) is 5.48. The minimum Gasteiger partial charge on any atom is -0.481 e. The van der Waals surface area contributed by atoms with E-state index in [9.17, 15) is 23.1 Å². The predicted octanol–water partition coefficient (Wildman–Crippen LogP) is 1.52. The SMILES string of the molecule is CCCS(=O)(=O)N1CCCC1C(=O)N1C[C@H](C(=O)O)[C@H](c2ccccc2)C1. The minimum absolute atomic E-state index is 0.0289. The monoisotopic (exact) mass is 394 g/mol. The molecule has 3 rings (SSSR count). The first-order chi connectivity index (χ1) is 12.8. The Labute approximate surface area is 160 Å². The molecule has 1 amide bonds. The first-order valence-electron chi connectivity index (χ1n) is 9.41. The van der Waals surface area contributed by atoms with Crippen LogP contribution < -0.4 is 0 Å². The van der Waals surface area contributed by atoms with E-state index in [0.717, 1.165) is 5.56 Å². The maximum absolute atomic E-state index is 13.1. The lowest BCUT2D eigenvalue weighted by molar-refractivity contribution is -0.142. The van der Waals surface area contributed by atoms with Crippen molar-refractivity contribution in [2.45, 2.75) is 38.1 Å². The molecule has 0 radical (unpaired) electrons. The van der Waals surface area contributed by atoms with Crippen LogP contribution in [0.2, 0.25) is 0 Å². The molecule has 0 aliphatic carbocycles. The maximum atomic E-state index is 13.1. The summed E-state index contributed by atoms with van der Waals surface area (Å²) in [6, 6.07) is 8.63. The molecule has 0 spiro atoms. The molecule has 3 atom stereocenters. The van der Waals surface area contributed by atoms with Gasteiger partial charge in [-0.15, -0.1) is 0 Å². The van der Waals surface area contributed by atoms with Crippen LogP contribution in [-0.2, 0) is 19.6 Å². The van der Waals surface area contributed by atoms with Gasteiger partial charge in [0.25, 0.3) is 0 Å². The summed E-state index contributed by atoms with van der Waals surface area (Å²) in [5, 5.41) is 9.62. The van der Waals surface area contributed by atoms with E-state index in [1.165, 1.54) is 4.31 Å². The van der Waals surface area contributed by atoms with Crippen molar-refractivity contribution in [3.63, 3.8) is 0 Å². The molecule has 1 aromatic carbocycles. The second kappa shape index (κ2) is 7.98. The summed E-state index contributed by atoms with van der Waals surface area (Å²) >= 11 is 0. The Morgan fingerprint density at radius 2 is 1.89 bits per heavy atom. The van der Waals surface area contributed by atoms with Crippen LogP contribution in [0.3, 0.4) is 0 Å². The van der Waals surface area contributed by atoms with Crippen molar-refractivity contribution in [1.82, 2.24) is 9.21 Å². The Morgan fingerprint density at radius 1 is 1.19 bits per heavy atom. The highest BCUT2D eigenvalue weighted by atomic mass is 32.2. The number of benzene rings is 1. The molecular formula is C19H26N2O5S. The molecule has 7 nitrogen and oxygen atoms in total. The average Bonchev–Trinajstić information content (AvgIpc) is 3.30. The zero-order chi connectivity index (χ0) is 19.6. The highest BCUT2D eigenvalue weighted by Crippen LogP contribution is 2.34. The number of sulfonamides is 1. The van der Waals surface area contributed by atoms with E-state index >= 15 is 0 Å². The Hall–Kier alpha value is -1.93. The number of carbonyl (C=O) groups excluding carboxylic acids is 1. The molecule has 0 saturated carbocycles. The van der Waals surface area contributed by atoms with Crippen LogP contribution in [-0.4, -0.2) is 66.0 Å². The molecule has 2 saturated heterocycles. The molecule has 8 heteroatoms. The van der Waals surface area contributed by atoms with Gasteiger partial charge in [0.15, 0.2) is 0 Å². The van der Waals surface area contributed by atoms with Gasteiger partial charge in [-0.05, 0) is 24.8 Å². The van der Waals surface area contributed by atoms with Crippen LogP contribution in [0.1, 0.15) is 37.7 Å². The molecule has 0 bridgehead atoms. The molecule has 1 unspecified atom stereocenters. The van der Waals surface area contributed by atoms with Gasteiger partial charge < -0.3 is 10.0 Å². The van der Waals surface area contributed by atoms with E-state index in [4.69, 9.17) is 0 Å². The van der Waals surface area contributed by atoms with Crippen molar-refractivity contribution in [2.24, 2.45) is 5.92 Å². The topological polar surface area (TPSA) is 95.0 Å². The Balaban J connectivity index is 1.80. The van der Waals surface area contributed by atoms with Gasteiger partial charge in [0, 0.05) is 25.6 Å². The summed E-state index contributed by atoms with van der Waals surface area (Å²) in [6.07, 6.45) is 1.64. The molecule has 2 heterocycles. The lowest BCUT2D eigenvalue weighted by Crippen LogP contribution is -2.47. The number of nitrogens with zero attached hydrogens (tertiary/aromatic N) is 2. The number of carboxylic acid groups (broad SMARTS) is 1. The highest BCUT2D eigenvalue weighted by molar-refractivity contribution is 7.89. The van der Waals surface area contributed by atoms with E-state index in [2.05, 4.69) is 0 Å². The first-order valence-corrected chi connectivity index (χ1v) is 11.0. The lowest BCUT2D eigenvalue weighted by Gasteiger charge is -2.27. The van der Waals surface area contributed by atoms with E-state index in [0.29, 0.717) is 32.4 Å². The van der Waals surface area contributed by atoms with E-state index in [-0.39, 0.29) is 24.1 Å². The predicted molar refractivity (Wildman–Crippen MR) is 101 cm³/mol. The Morgan fingerprint density at radius 3 is 2.52 bits per heavy atom. The largest absolute Gasteiger partial charge is 0.481 e. The number of carboxylic acids is 1. The lowest BCUT2D eigenvalue weighted by atomic mass is 9.89. The third-order valence-corrected chi connectivity index (χ3v) is 7.56. The number of hydrogen-bond donors (Lipinski definition) is 1. The summed E-state index contributed by atoms with van der Waals surface area (Å²) < 4.78 is 26.3. The van der Waals surface area contributed by atoms with Gasteiger partial charge in [0.1, 0.15) is 6.04 Å². The quantitative estimate of drug-likeness (QED) is 0.789. The van der Waals surface area contributed by atoms with Gasteiger partial charge >= 0.3 is 5.97 Å². The second-order valence-electron chi connectivity index (χ2n) is 7.29. The number of hydrogen-bond acceptors (Lipinski definition) is 4. The van der Waals surface area contributed by atoms with Crippen LogP contribution in [0.15, 0.2) is 30.3 Å². The normalized spacial score (nSPS) is 26.4. The second-order valence-corrected chi connectivity index (χ2v) is 9.33. The van der Waals surface area contributed by atoms with Crippen molar-refractivity contribution in [3.8, 4) is 0 Å². The molecule has 2 aliphatic rings. The molecule has 27 heavy (non-hydrogen) atoms. The van der Waals surface area contributed by atoms with Gasteiger partial charge in [0.05, 0.1) is 11.7 Å². The summed E-state index contributed by atoms with van der Waals surface area (Å²) in [7, 11) is -3.46. The number of amides is 1. The molecule has 1 aromatic rings. The van der Waals surface area contributed by atoms with Gasteiger partial charge in [-0.25, -0.2) is 8.42 Å². The summed E-state index contributed by atoms with van der Waals surface area (Å²) in [6.45, 7) is 2.58. The van der Waals surface area contributed by atoms with Crippen LogP contribution in [0, 0.1) is 5.92 Å². The van der Waals surface area contributed by atoms with Crippen molar-refractivity contribution in [3.05, 3.63) is 35.9 Å². The molecule has 2 fully saturated rings.